The van der Waals surface area contributed by atoms with E-state index in [0.717, 1.165) is 64.9 Å². The van der Waals surface area contributed by atoms with Gasteiger partial charge in [-0.2, -0.15) is 0 Å². The molecule has 2 N–H and O–H groups in total. The lowest BCUT2D eigenvalue weighted by molar-refractivity contribution is -0.147. The molecule has 4 rings (SSSR count). The molecule has 2 unspecified atom stereocenters. The van der Waals surface area contributed by atoms with Crippen LogP contribution in [0.1, 0.15) is 45.6 Å². The zero-order valence-electron chi connectivity index (χ0n) is 17.7. The average molecular weight is 408 g/mol. The summed E-state index contributed by atoms with van der Waals surface area (Å²) in [4.78, 5) is 26.1. The summed E-state index contributed by atoms with van der Waals surface area (Å²) in [5.41, 5.74) is 7.06. The van der Waals surface area contributed by atoms with E-state index in [2.05, 4.69) is 19.2 Å². The first-order chi connectivity index (χ1) is 14.5. The van der Waals surface area contributed by atoms with Gasteiger partial charge in [-0.1, -0.05) is 20.3 Å². The molecule has 1 aromatic carbocycles. The summed E-state index contributed by atoms with van der Waals surface area (Å²) in [6.45, 7) is 6.93. The van der Waals surface area contributed by atoms with Gasteiger partial charge >= 0.3 is 5.97 Å². The van der Waals surface area contributed by atoms with Gasteiger partial charge < -0.3 is 20.1 Å². The summed E-state index contributed by atoms with van der Waals surface area (Å²) in [5.74, 6) is -0.255. The van der Waals surface area contributed by atoms with Crippen LogP contribution in [0.25, 0.3) is 5.57 Å². The lowest BCUT2D eigenvalue weighted by Crippen LogP contribution is -2.30. The van der Waals surface area contributed by atoms with Crippen LogP contribution in [0.3, 0.4) is 0 Å². The summed E-state index contributed by atoms with van der Waals surface area (Å²) in [6.07, 6.45) is 5.28. The monoisotopic (exact) mass is 408 g/mol. The number of nitrogens with one attached hydrogen (secondary N) is 1. The Bertz CT molecular complexity index is 989. The fourth-order valence-electron chi connectivity index (χ4n) is 4.79. The second kappa shape index (κ2) is 8.01. The zero-order chi connectivity index (χ0) is 21.4. The molecule has 0 bridgehead atoms. The molecule has 2 atom stereocenters. The number of phenols is 1. The van der Waals surface area contributed by atoms with E-state index in [1.165, 1.54) is 0 Å². The third-order valence-corrected chi connectivity index (χ3v) is 6.28. The minimum atomic E-state index is -0.295. The molecule has 0 aromatic heterocycles. The van der Waals surface area contributed by atoms with E-state index in [1.54, 1.807) is 17.0 Å². The van der Waals surface area contributed by atoms with Crippen LogP contribution >= 0.6 is 0 Å². The molecule has 1 amide bonds. The largest absolute Gasteiger partial charge is 0.508 e. The summed E-state index contributed by atoms with van der Waals surface area (Å²) >= 11 is 0. The highest BCUT2D eigenvalue weighted by molar-refractivity contribution is 5.86. The number of nitrogens with zero attached hydrogens (tertiary/aromatic N) is 1. The van der Waals surface area contributed by atoms with Crippen molar-refractivity contribution in [3.8, 4) is 5.75 Å². The van der Waals surface area contributed by atoms with Crippen molar-refractivity contribution in [3.05, 3.63) is 52.3 Å². The van der Waals surface area contributed by atoms with E-state index >= 15 is 0 Å². The first kappa shape index (κ1) is 20.3. The molecule has 3 aliphatic heterocycles. The van der Waals surface area contributed by atoms with Gasteiger partial charge in [0.05, 0.1) is 12.0 Å². The van der Waals surface area contributed by atoms with Gasteiger partial charge in [-0.3, -0.25) is 9.59 Å². The van der Waals surface area contributed by atoms with Crippen molar-refractivity contribution in [3.63, 3.8) is 0 Å². The Morgan fingerprint density at radius 1 is 1.33 bits per heavy atom. The second-order valence-corrected chi connectivity index (χ2v) is 8.15. The van der Waals surface area contributed by atoms with E-state index in [-0.39, 0.29) is 23.7 Å². The molecule has 0 radical (unpaired) electrons. The highest BCUT2D eigenvalue weighted by atomic mass is 16.5. The molecular weight excluding hydrogens is 380 g/mol. The molecule has 1 saturated heterocycles. The van der Waals surface area contributed by atoms with Crippen molar-refractivity contribution in [1.29, 1.82) is 0 Å². The van der Waals surface area contributed by atoms with Crippen LogP contribution in [0, 0.1) is 5.92 Å². The van der Waals surface area contributed by atoms with Gasteiger partial charge in [-0.25, -0.2) is 0 Å². The van der Waals surface area contributed by atoms with E-state index < -0.39 is 0 Å². The van der Waals surface area contributed by atoms with Crippen molar-refractivity contribution in [1.82, 2.24) is 4.90 Å². The molecule has 1 aromatic rings. The Morgan fingerprint density at radius 3 is 2.83 bits per heavy atom. The summed E-state index contributed by atoms with van der Waals surface area (Å²) < 4.78 is 5.34. The molecule has 3 heterocycles. The SMILES string of the molecule is CCCC1C(=O)OCC(C)=C1/C=C1/C2Nc3ccc(O)cc3C(CC)=C2CN1C=O. The van der Waals surface area contributed by atoms with Crippen molar-refractivity contribution in [2.24, 2.45) is 5.92 Å². The van der Waals surface area contributed by atoms with Gasteiger partial charge in [0.15, 0.2) is 0 Å². The molecule has 0 aliphatic carbocycles. The van der Waals surface area contributed by atoms with E-state index in [4.69, 9.17) is 4.74 Å². The Kier molecular flexibility index (Phi) is 5.41. The van der Waals surface area contributed by atoms with Crippen LogP contribution in [-0.2, 0) is 14.3 Å². The second-order valence-electron chi connectivity index (χ2n) is 8.15. The number of benzene rings is 1. The molecular formula is C24H28N2O4. The van der Waals surface area contributed by atoms with Crippen LogP contribution in [0.4, 0.5) is 5.69 Å². The number of carbonyl (C=O) groups is 2. The maximum atomic E-state index is 12.4. The first-order valence-corrected chi connectivity index (χ1v) is 10.6. The number of likely N-dealkylation sites (tertiary alicyclic amines) is 1. The Labute approximate surface area is 176 Å². The number of cyclic esters (lactones) is 1. The predicted molar refractivity (Wildman–Crippen MR) is 116 cm³/mol. The quantitative estimate of drug-likeness (QED) is 0.437. The number of ether oxygens (including phenoxy) is 1. The van der Waals surface area contributed by atoms with Gasteiger partial charge in [0.2, 0.25) is 6.41 Å². The lowest BCUT2D eigenvalue weighted by Gasteiger charge is -2.29. The van der Waals surface area contributed by atoms with Gasteiger partial charge in [-0.15, -0.1) is 0 Å². The minimum absolute atomic E-state index is 0.136. The first-order valence-electron chi connectivity index (χ1n) is 10.6. The normalized spacial score (nSPS) is 24.6. The number of allylic oxidation sites excluding steroid dienone is 2. The number of anilines is 1. The summed E-state index contributed by atoms with van der Waals surface area (Å²) in [5, 5.41) is 13.5. The number of aromatic hydroxyl groups is 1. The van der Waals surface area contributed by atoms with Gasteiger partial charge in [0.25, 0.3) is 0 Å². The zero-order valence-corrected chi connectivity index (χ0v) is 17.7. The Hall–Kier alpha value is -3.02. The number of esters is 1. The third kappa shape index (κ3) is 3.30. The van der Waals surface area contributed by atoms with E-state index in [9.17, 15) is 14.7 Å². The highest BCUT2D eigenvalue weighted by Crippen LogP contribution is 2.44. The smallest absolute Gasteiger partial charge is 0.313 e. The maximum absolute atomic E-state index is 12.4. The van der Waals surface area contributed by atoms with Crippen molar-refractivity contribution in [2.45, 2.75) is 46.1 Å². The number of carbonyl (C=O) groups excluding carboxylic acids is 2. The molecule has 6 nitrogen and oxygen atoms in total. The number of amides is 1. The number of hydrogen-bond donors (Lipinski definition) is 2. The average Bonchev–Trinajstić information content (AvgIpc) is 3.08. The van der Waals surface area contributed by atoms with Crippen LogP contribution in [0.15, 0.2) is 46.7 Å². The van der Waals surface area contributed by atoms with Gasteiger partial charge in [0.1, 0.15) is 12.4 Å². The fraction of sp³-hybridized carbons (Fsp3) is 0.417. The molecule has 6 heteroatoms. The predicted octanol–water partition coefficient (Wildman–Crippen LogP) is 4.00. The molecule has 0 saturated carbocycles. The lowest BCUT2D eigenvalue weighted by atomic mass is 9.86. The highest BCUT2D eigenvalue weighted by Gasteiger charge is 2.39. The van der Waals surface area contributed by atoms with E-state index in [0.29, 0.717) is 13.2 Å². The summed E-state index contributed by atoms with van der Waals surface area (Å²) in [7, 11) is 0. The Balaban J connectivity index is 1.82. The maximum Gasteiger partial charge on any atom is 0.313 e. The van der Waals surface area contributed by atoms with Crippen LogP contribution in [0.5, 0.6) is 5.75 Å². The molecule has 158 valence electrons. The Morgan fingerprint density at radius 2 is 2.13 bits per heavy atom. The van der Waals surface area contributed by atoms with Crippen molar-refractivity contribution >= 4 is 23.6 Å². The van der Waals surface area contributed by atoms with Crippen molar-refractivity contribution < 1.29 is 19.4 Å². The number of fused-ring (bicyclic) bond motifs is 2. The number of phenolic OH excluding ortho intramolecular Hbond substituents is 1. The van der Waals surface area contributed by atoms with E-state index in [1.807, 2.05) is 19.1 Å². The molecule has 1 fully saturated rings. The molecule has 30 heavy (non-hydrogen) atoms. The van der Waals surface area contributed by atoms with Crippen LogP contribution in [0.2, 0.25) is 0 Å². The van der Waals surface area contributed by atoms with Gasteiger partial charge in [-0.05, 0) is 66.3 Å². The van der Waals surface area contributed by atoms with Crippen molar-refractivity contribution in [2.75, 3.05) is 18.5 Å². The minimum Gasteiger partial charge on any atom is -0.508 e. The van der Waals surface area contributed by atoms with Crippen LogP contribution in [-0.4, -0.2) is 41.6 Å². The topological polar surface area (TPSA) is 78.9 Å². The number of rotatable bonds is 5. The summed E-state index contributed by atoms with van der Waals surface area (Å²) in [6, 6.07) is 5.18. The molecule has 3 aliphatic rings. The molecule has 0 spiro atoms. The third-order valence-electron chi connectivity index (χ3n) is 6.28. The fourth-order valence-corrected chi connectivity index (χ4v) is 4.79. The van der Waals surface area contributed by atoms with Crippen LogP contribution < -0.4 is 5.32 Å². The number of hydrogen-bond acceptors (Lipinski definition) is 5. The standard InChI is InChI=1S/C24H28N2O4/c1-4-6-17-18(14(3)12-30-24(17)29)10-22-23-20(11-26(22)13-27)16(5-2)19-9-15(28)7-8-21(19)25-23/h7-10,13,17,23,25,28H,4-6,11-12H2,1-3H3/b22-10-. The van der Waals surface area contributed by atoms with Gasteiger partial charge in [0, 0.05) is 23.5 Å².